The molecular formula is C23H24N2O5S. The zero-order valence-electron chi connectivity index (χ0n) is 17.9. The first-order valence-corrected chi connectivity index (χ1v) is 10.7. The first-order valence-electron chi connectivity index (χ1n) is 9.80. The lowest BCUT2D eigenvalue weighted by molar-refractivity contribution is -0.118. The quantitative estimate of drug-likeness (QED) is 0.580. The summed E-state index contributed by atoms with van der Waals surface area (Å²) in [5, 5.41) is 5.11. The van der Waals surface area contributed by atoms with Crippen molar-refractivity contribution in [3.8, 4) is 34.3 Å². The minimum Gasteiger partial charge on any atom is -0.497 e. The number of nitrogens with one attached hydrogen (secondary N) is 1. The number of rotatable bonds is 7. The highest BCUT2D eigenvalue weighted by Crippen LogP contribution is 2.41. The van der Waals surface area contributed by atoms with Crippen molar-refractivity contribution in [2.24, 2.45) is 0 Å². The molecule has 2 aromatic carbocycles. The molecule has 31 heavy (non-hydrogen) atoms. The number of thiazole rings is 1. The third-order valence-electron chi connectivity index (χ3n) is 4.85. The van der Waals surface area contributed by atoms with Crippen LogP contribution in [0.1, 0.15) is 19.4 Å². The fraction of sp³-hybridized carbons (Fsp3) is 0.304. The Kier molecular flexibility index (Phi) is 5.73. The largest absolute Gasteiger partial charge is 0.497 e. The maximum Gasteiger partial charge on any atom is 0.264 e. The minimum atomic E-state index is -0.298. The van der Waals surface area contributed by atoms with Crippen molar-refractivity contribution in [3.63, 3.8) is 0 Å². The lowest BCUT2D eigenvalue weighted by Gasteiger charge is -2.18. The molecule has 1 aliphatic heterocycles. The summed E-state index contributed by atoms with van der Waals surface area (Å²) >= 11 is 1.33. The van der Waals surface area contributed by atoms with Gasteiger partial charge in [0.2, 0.25) is 0 Å². The standard InChI is InChI=1S/C23H24N2O5S/c1-23(2)11-14-6-5-7-19(21(14)30-23)29-12-20(26)25-22-24-17(13-31-22)16-10-15(27-3)8-9-18(16)28-4/h5-10,13H,11-12H2,1-4H3,(H,24,25,26). The highest BCUT2D eigenvalue weighted by atomic mass is 32.1. The Morgan fingerprint density at radius 3 is 2.81 bits per heavy atom. The molecule has 0 radical (unpaired) electrons. The van der Waals surface area contributed by atoms with E-state index in [2.05, 4.69) is 10.3 Å². The van der Waals surface area contributed by atoms with Gasteiger partial charge in [0, 0.05) is 22.9 Å². The number of anilines is 1. The SMILES string of the molecule is COc1ccc(OC)c(-c2csc(NC(=O)COc3cccc4c3OC(C)(C)C4)n2)c1. The van der Waals surface area contributed by atoms with Gasteiger partial charge in [-0.2, -0.15) is 0 Å². The highest BCUT2D eigenvalue weighted by Gasteiger charge is 2.32. The molecular weight excluding hydrogens is 416 g/mol. The van der Waals surface area contributed by atoms with Crippen molar-refractivity contribution >= 4 is 22.4 Å². The summed E-state index contributed by atoms with van der Waals surface area (Å²) in [4.78, 5) is 16.9. The number of benzene rings is 2. The molecule has 0 saturated carbocycles. The third kappa shape index (κ3) is 4.59. The van der Waals surface area contributed by atoms with Crippen LogP contribution in [0.15, 0.2) is 41.8 Å². The maximum atomic E-state index is 12.4. The van der Waals surface area contributed by atoms with E-state index in [9.17, 15) is 4.79 Å². The molecule has 8 heteroatoms. The molecule has 0 saturated heterocycles. The molecule has 7 nitrogen and oxygen atoms in total. The molecule has 2 heterocycles. The summed E-state index contributed by atoms with van der Waals surface area (Å²) < 4.78 is 22.4. The number of methoxy groups -OCH3 is 2. The van der Waals surface area contributed by atoms with E-state index >= 15 is 0 Å². The molecule has 0 aliphatic carbocycles. The average molecular weight is 441 g/mol. The second-order valence-corrected chi connectivity index (χ2v) is 8.58. The molecule has 0 unspecified atom stereocenters. The van der Waals surface area contributed by atoms with Gasteiger partial charge in [0.1, 0.15) is 17.1 Å². The van der Waals surface area contributed by atoms with Gasteiger partial charge in [-0.1, -0.05) is 12.1 Å². The Hall–Kier alpha value is -3.26. The van der Waals surface area contributed by atoms with Gasteiger partial charge in [-0.3, -0.25) is 10.1 Å². The van der Waals surface area contributed by atoms with Crippen LogP contribution in [-0.4, -0.2) is 37.3 Å². The zero-order valence-corrected chi connectivity index (χ0v) is 18.7. The number of fused-ring (bicyclic) bond motifs is 1. The minimum absolute atomic E-state index is 0.141. The highest BCUT2D eigenvalue weighted by molar-refractivity contribution is 7.14. The molecule has 1 aliphatic rings. The Labute approximate surface area is 184 Å². The van der Waals surface area contributed by atoms with Crippen LogP contribution >= 0.6 is 11.3 Å². The van der Waals surface area contributed by atoms with E-state index in [4.69, 9.17) is 18.9 Å². The van der Waals surface area contributed by atoms with Crippen LogP contribution in [-0.2, 0) is 11.2 Å². The van der Waals surface area contributed by atoms with Crippen molar-refractivity contribution in [3.05, 3.63) is 47.3 Å². The molecule has 1 amide bonds. The third-order valence-corrected chi connectivity index (χ3v) is 5.60. The van der Waals surface area contributed by atoms with Gasteiger partial charge in [-0.25, -0.2) is 4.98 Å². The molecule has 162 valence electrons. The number of ether oxygens (including phenoxy) is 4. The van der Waals surface area contributed by atoms with E-state index in [0.29, 0.717) is 33.8 Å². The number of nitrogens with zero attached hydrogens (tertiary/aromatic N) is 1. The Morgan fingerprint density at radius 2 is 2.03 bits per heavy atom. The van der Waals surface area contributed by atoms with Gasteiger partial charge in [-0.05, 0) is 38.1 Å². The topological polar surface area (TPSA) is 78.9 Å². The number of hydrogen-bond donors (Lipinski definition) is 1. The average Bonchev–Trinajstić information content (AvgIpc) is 3.34. The van der Waals surface area contributed by atoms with E-state index in [1.165, 1.54) is 11.3 Å². The molecule has 1 aromatic heterocycles. The van der Waals surface area contributed by atoms with Gasteiger partial charge in [-0.15, -0.1) is 11.3 Å². The van der Waals surface area contributed by atoms with Crippen molar-refractivity contribution in [1.29, 1.82) is 0 Å². The number of carbonyl (C=O) groups is 1. The van der Waals surface area contributed by atoms with E-state index in [-0.39, 0.29) is 18.1 Å². The molecule has 3 aromatic rings. The summed E-state index contributed by atoms with van der Waals surface area (Å²) in [7, 11) is 3.20. The maximum absolute atomic E-state index is 12.4. The Balaban J connectivity index is 1.42. The van der Waals surface area contributed by atoms with Crippen molar-refractivity contribution in [2.45, 2.75) is 25.9 Å². The van der Waals surface area contributed by atoms with Gasteiger partial charge in [0.15, 0.2) is 23.2 Å². The number of aromatic nitrogens is 1. The summed E-state index contributed by atoms with van der Waals surface area (Å²) in [5.41, 5.74) is 2.28. The lowest BCUT2D eigenvalue weighted by Crippen LogP contribution is -2.25. The second-order valence-electron chi connectivity index (χ2n) is 7.72. The summed E-state index contributed by atoms with van der Waals surface area (Å²) in [6.07, 6.45) is 0.807. The van der Waals surface area contributed by atoms with Gasteiger partial charge in [0.25, 0.3) is 5.91 Å². The fourth-order valence-electron chi connectivity index (χ4n) is 3.47. The predicted octanol–water partition coefficient (Wildman–Crippen LogP) is 4.56. The fourth-order valence-corrected chi connectivity index (χ4v) is 4.20. The first kappa shape index (κ1) is 21.0. The van der Waals surface area contributed by atoms with Crippen LogP contribution in [0.4, 0.5) is 5.13 Å². The second kappa shape index (κ2) is 8.47. The molecule has 4 rings (SSSR count). The van der Waals surface area contributed by atoms with Crippen molar-refractivity contribution < 1.29 is 23.7 Å². The summed E-state index contributed by atoms with van der Waals surface area (Å²) in [5.74, 6) is 2.35. The van der Waals surface area contributed by atoms with Crippen LogP contribution in [0.3, 0.4) is 0 Å². The number of para-hydroxylation sites is 1. The van der Waals surface area contributed by atoms with Crippen LogP contribution in [0.2, 0.25) is 0 Å². The number of hydrogen-bond acceptors (Lipinski definition) is 7. The monoisotopic (exact) mass is 440 g/mol. The molecule has 0 fully saturated rings. The van der Waals surface area contributed by atoms with E-state index < -0.39 is 0 Å². The van der Waals surface area contributed by atoms with E-state index in [1.54, 1.807) is 14.2 Å². The van der Waals surface area contributed by atoms with Gasteiger partial charge < -0.3 is 18.9 Å². The molecule has 0 spiro atoms. The van der Waals surface area contributed by atoms with Crippen LogP contribution in [0, 0.1) is 0 Å². The molecule has 0 atom stereocenters. The van der Waals surface area contributed by atoms with Crippen molar-refractivity contribution in [2.75, 3.05) is 26.1 Å². The summed E-state index contributed by atoms with van der Waals surface area (Å²) in [6, 6.07) is 11.2. The Bertz CT molecular complexity index is 1110. The van der Waals surface area contributed by atoms with Gasteiger partial charge in [0.05, 0.1) is 19.9 Å². The summed E-state index contributed by atoms with van der Waals surface area (Å²) in [6.45, 7) is 3.92. The molecule has 1 N–H and O–H groups in total. The zero-order chi connectivity index (χ0) is 22.0. The molecule has 0 bridgehead atoms. The van der Waals surface area contributed by atoms with Crippen LogP contribution in [0.5, 0.6) is 23.0 Å². The van der Waals surface area contributed by atoms with E-state index in [0.717, 1.165) is 17.5 Å². The van der Waals surface area contributed by atoms with E-state index in [1.807, 2.05) is 55.6 Å². The smallest absolute Gasteiger partial charge is 0.264 e. The number of amides is 1. The number of carbonyl (C=O) groups excluding carboxylic acids is 1. The van der Waals surface area contributed by atoms with Gasteiger partial charge >= 0.3 is 0 Å². The lowest BCUT2D eigenvalue weighted by atomic mass is 10.0. The normalized spacial score (nSPS) is 13.8. The first-order chi connectivity index (χ1) is 14.9. The predicted molar refractivity (Wildman–Crippen MR) is 120 cm³/mol. The Morgan fingerprint density at radius 1 is 1.19 bits per heavy atom. The van der Waals surface area contributed by atoms with Crippen molar-refractivity contribution in [1.82, 2.24) is 4.98 Å². The van der Waals surface area contributed by atoms with Crippen LogP contribution in [0.25, 0.3) is 11.3 Å². The van der Waals surface area contributed by atoms with Crippen LogP contribution < -0.4 is 24.3 Å².